The summed E-state index contributed by atoms with van der Waals surface area (Å²) in [6.07, 6.45) is 2.13. The Labute approximate surface area is 170 Å². The van der Waals surface area contributed by atoms with Crippen LogP contribution in [0.1, 0.15) is 25.8 Å². The molecule has 0 spiro atoms. The van der Waals surface area contributed by atoms with E-state index >= 15 is 0 Å². The molecule has 0 radical (unpaired) electrons. The van der Waals surface area contributed by atoms with Crippen LogP contribution >= 0.6 is 0 Å². The minimum absolute atomic E-state index is 0.173. The number of benzene rings is 2. The van der Waals surface area contributed by atoms with Gasteiger partial charge in [-0.15, -0.1) is 0 Å². The number of rotatable bonds is 9. The zero-order chi connectivity index (χ0) is 20.8. The highest BCUT2D eigenvalue weighted by atomic mass is 16.5. The number of carbonyl (C=O) groups excluding carboxylic acids is 1. The first-order chi connectivity index (χ1) is 13.9. The Morgan fingerprint density at radius 2 is 1.86 bits per heavy atom. The van der Waals surface area contributed by atoms with Gasteiger partial charge in [0.1, 0.15) is 18.4 Å². The summed E-state index contributed by atoms with van der Waals surface area (Å²) in [4.78, 5) is 23.5. The molecule has 0 unspecified atom stereocenters. The number of nitrogens with zero attached hydrogens (tertiary/aromatic N) is 1. The van der Waals surface area contributed by atoms with E-state index in [0.717, 1.165) is 22.2 Å². The fourth-order valence-electron chi connectivity index (χ4n) is 3.17. The monoisotopic (exact) mass is 394 g/mol. The highest BCUT2D eigenvalue weighted by Crippen LogP contribution is 2.23. The van der Waals surface area contributed by atoms with Gasteiger partial charge in [-0.05, 0) is 35.1 Å². The smallest absolute Gasteiger partial charge is 0.326 e. The van der Waals surface area contributed by atoms with Crippen molar-refractivity contribution in [2.45, 2.75) is 39.5 Å². The molecule has 1 aromatic heterocycles. The third-order valence-corrected chi connectivity index (χ3v) is 4.82. The summed E-state index contributed by atoms with van der Waals surface area (Å²) in [5, 5.41) is 12.9. The summed E-state index contributed by atoms with van der Waals surface area (Å²) in [5.41, 5.74) is 2.07. The lowest BCUT2D eigenvalue weighted by Crippen LogP contribution is -2.44. The average Bonchev–Trinajstić information content (AvgIpc) is 3.11. The average molecular weight is 394 g/mol. The highest BCUT2D eigenvalue weighted by molar-refractivity contribution is 5.84. The second-order valence-corrected chi connectivity index (χ2v) is 7.38. The number of ether oxygens (including phenoxy) is 1. The molecule has 0 aliphatic heterocycles. The lowest BCUT2D eigenvalue weighted by Gasteiger charge is -2.18. The van der Waals surface area contributed by atoms with Crippen LogP contribution in [0, 0.1) is 5.92 Å². The molecule has 3 aromatic rings. The summed E-state index contributed by atoms with van der Waals surface area (Å²) in [6, 6.07) is 17.0. The standard InChI is InChI=1S/C23H26N2O4/c1-16(2)22(23(27)28)24-21(26)11-13-25-12-10-18-8-9-19(14-20(18)25)29-15-17-6-4-3-5-7-17/h3-10,12,14,16,22H,11,13,15H2,1-2H3,(H,24,26)(H,27,28)/t22-/m1/s1. The Hall–Kier alpha value is -3.28. The maximum Gasteiger partial charge on any atom is 0.326 e. The van der Waals surface area contributed by atoms with Crippen LogP contribution in [-0.4, -0.2) is 27.6 Å². The Morgan fingerprint density at radius 3 is 2.55 bits per heavy atom. The van der Waals surface area contributed by atoms with Gasteiger partial charge in [-0.25, -0.2) is 4.79 Å². The van der Waals surface area contributed by atoms with Crippen molar-refractivity contribution >= 4 is 22.8 Å². The number of fused-ring (bicyclic) bond motifs is 1. The van der Waals surface area contributed by atoms with E-state index in [-0.39, 0.29) is 18.2 Å². The minimum Gasteiger partial charge on any atom is -0.489 e. The van der Waals surface area contributed by atoms with E-state index in [1.54, 1.807) is 13.8 Å². The Balaban J connectivity index is 1.63. The molecule has 6 nitrogen and oxygen atoms in total. The molecule has 1 atom stereocenters. The largest absolute Gasteiger partial charge is 0.489 e. The van der Waals surface area contributed by atoms with Gasteiger partial charge in [0.2, 0.25) is 5.91 Å². The number of carbonyl (C=O) groups is 2. The second kappa shape index (κ2) is 9.28. The Kier molecular flexibility index (Phi) is 6.54. The van der Waals surface area contributed by atoms with Crippen molar-refractivity contribution in [3.63, 3.8) is 0 Å². The quantitative estimate of drug-likeness (QED) is 0.578. The zero-order valence-corrected chi connectivity index (χ0v) is 16.7. The molecule has 0 aliphatic carbocycles. The van der Waals surface area contributed by atoms with E-state index in [1.807, 2.05) is 65.4 Å². The first-order valence-electron chi connectivity index (χ1n) is 9.72. The number of aromatic nitrogens is 1. The number of aryl methyl sites for hydroxylation is 1. The number of amides is 1. The molecule has 0 fully saturated rings. The third kappa shape index (κ3) is 5.38. The van der Waals surface area contributed by atoms with Gasteiger partial charge >= 0.3 is 5.97 Å². The van der Waals surface area contributed by atoms with Crippen LogP contribution in [0.4, 0.5) is 0 Å². The normalized spacial score (nSPS) is 12.1. The van der Waals surface area contributed by atoms with Crippen LogP contribution in [0.2, 0.25) is 0 Å². The highest BCUT2D eigenvalue weighted by Gasteiger charge is 2.23. The lowest BCUT2D eigenvalue weighted by atomic mass is 10.0. The van der Waals surface area contributed by atoms with Crippen molar-refractivity contribution in [1.29, 1.82) is 0 Å². The third-order valence-electron chi connectivity index (χ3n) is 4.82. The van der Waals surface area contributed by atoms with Gasteiger partial charge in [0.25, 0.3) is 0 Å². The molecule has 152 valence electrons. The molecule has 1 heterocycles. The van der Waals surface area contributed by atoms with Crippen molar-refractivity contribution in [1.82, 2.24) is 9.88 Å². The molecule has 1 amide bonds. The molecule has 0 saturated heterocycles. The van der Waals surface area contributed by atoms with Crippen molar-refractivity contribution in [2.24, 2.45) is 5.92 Å². The van der Waals surface area contributed by atoms with Crippen LogP contribution in [0.15, 0.2) is 60.8 Å². The van der Waals surface area contributed by atoms with Crippen LogP contribution < -0.4 is 10.1 Å². The van der Waals surface area contributed by atoms with Gasteiger partial charge < -0.3 is 19.7 Å². The van der Waals surface area contributed by atoms with Crippen molar-refractivity contribution in [3.05, 3.63) is 66.4 Å². The first kappa shape index (κ1) is 20.5. The predicted molar refractivity (Wildman–Crippen MR) is 112 cm³/mol. The van der Waals surface area contributed by atoms with Gasteiger partial charge in [-0.2, -0.15) is 0 Å². The first-order valence-corrected chi connectivity index (χ1v) is 9.72. The summed E-state index contributed by atoms with van der Waals surface area (Å²) in [7, 11) is 0. The van der Waals surface area contributed by atoms with Crippen molar-refractivity contribution < 1.29 is 19.4 Å². The topological polar surface area (TPSA) is 80.6 Å². The summed E-state index contributed by atoms with van der Waals surface area (Å²) < 4.78 is 7.88. The molecule has 0 aliphatic rings. The second-order valence-electron chi connectivity index (χ2n) is 7.38. The van der Waals surface area contributed by atoms with Crippen LogP contribution in [0.5, 0.6) is 5.75 Å². The number of aliphatic carboxylic acids is 1. The number of carboxylic acids is 1. The van der Waals surface area contributed by atoms with Gasteiger partial charge in [0.15, 0.2) is 0 Å². The van der Waals surface area contributed by atoms with Gasteiger partial charge in [0.05, 0.1) is 5.52 Å². The fraction of sp³-hybridized carbons (Fsp3) is 0.304. The van der Waals surface area contributed by atoms with E-state index < -0.39 is 12.0 Å². The van der Waals surface area contributed by atoms with Gasteiger partial charge in [-0.3, -0.25) is 4.79 Å². The summed E-state index contributed by atoms with van der Waals surface area (Å²) >= 11 is 0. The molecule has 0 bridgehead atoms. The van der Waals surface area contributed by atoms with E-state index in [1.165, 1.54) is 0 Å². The summed E-state index contributed by atoms with van der Waals surface area (Å²) in [6.45, 7) is 4.49. The van der Waals surface area contributed by atoms with E-state index in [2.05, 4.69) is 5.32 Å². The SMILES string of the molecule is CC(C)[C@@H](NC(=O)CCn1ccc2ccc(OCc3ccccc3)cc21)C(=O)O. The van der Waals surface area contributed by atoms with Crippen LogP contribution in [0.25, 0.3) is 10.9 Å². The maximum atomic E-state index is 12.2. The minimum atomic E-state index is -1.01. The molecule has 6 heteroatoms. The summed E-state index contributed by atoms with van der Waals surface area (Å²) in [5.74, 6) is -0.700. The maximum absolute atomic E-state index is 12.2. The van der Waals surface area contributed by atoms with Gasteiger partial charge in [-0.1, -0.05) is 44.2 Å². The van der Waals surface area contributed by atoms with Crippen LogP contribution in [-0.2, 0) is 22.7 Å². The predicted octanol–water partition coefficient (Wildman–Crippen LogP) is 3.84. The Bertz CT molecular complexity index is 979. The molecule has 2 aromatic carbocycles. The van der Waals surface area contributed by atoms with E-state index in [9.17, 15) is 14.7 Å². The number of carboxylic acid groups (broad SMARTS) is 1. The molecule has 2 N–H and O–H groups in total. The molecular formula is C23H26N2O4. The fourth-order valence-corrected chi connectivity index (χ4v) is 3.17. The van der Waals surface area contributed by atoms with Crippen molar-refractivity contribution in [2.75, 3.05) is 0 Å². The number of nitrogens with one attached hydrogen (secondary N) is 1. The van der Waals surface area contributed by atoms with E-state index in [4.69, 9.17) is 4.74 Å². The van der Waals surface area contributed by atoms with Crippen LogP contribution in [0.3, 0.4) is 0 Å². The molecular weight excluding hydrogens is 368 g/mol. The zero-order valence-electron chi connectivity index (χ0n) is 16.7. The number of hydrogen-bond acceptors (Lipinski definition) is 3. The Morgan fingerprint density at radius 1 is 1.10 bits per heavy atom. The molecule has 0 saturated carbocycles. The lowest BCUT2D eigenvalue weighted by molar-refractivity contribution is -0.143. The van der Waals surface area contributed by atoms with E-state index in [0.29, 0.717) is 13.2 Å². The number of hydrogen-bond donors (Lipinski definition) is 2. The molecule has 29 heavy (non-hydrogen) atoms. The molecule has 3 rings (SSSR count). The van der Waals surface area contributed by atoms with Crippen molar-refractivity contribution in [3.8, 4) is 5.75 Å². The van der Waals surface area contributed by atoms with Gasteiger partial charge in [0, 0.05) is 25.2 Å².